The third-order valence-electron chi connectivity index (χ3n) is 3.16. The van der Waals surface area contributed by atoms with Gasteiger partial charge in [-0.1, -0.05) is 0 Å². The van der Waals surface area contributed by atoms with Crippen LogP contribution in [-0.4, -0.2) is 41.4 Å². The zero-order valence-electron chi connectivity index (χ0n) is 10.5. The molecule has 0 saturated carbocycles. The van der Waals surface area contributed by atoms with Gasteiger partial charge < -0.3 is 15.2 Å². The molecule has 1 amide bonds. The summed E-state index contributed by atoms with van der Waals surface area (Å²) in [7, 11) is 0. The number of aryl methyl sites for hydroxylation is 1. The lowest BCUT2D eigenvalue weighted by Crippen LogP contribution is -2.46. The standard InChI is InChI=1S/C13H18N2O3/c1-10-8-11(2-5-14-10)12(16)15-9-13(17)3-6-18-7-4-13/h2,5,8,17H,3-4,6-7,9H2,1H3,(H,15,16). The Morgan fingerprint density at radius 2 is 2.28 bits per heavy atom. The van der Waals surface area contributed by atoms with Gasteiger partial charge in [0, 0.05) is 50.1 Å². The molecule has 5 heteroatoms. The lowest BCUT2D eigenvalue weighted by atomic mass is 9.94. The molecule has 5 nitrogen and oxygen atoms in total. The van der Waals surface area contributed by atoms with Crippen LogP contribution < -0.4 is 5.32 Å². The molecule has 2 N–H and O–H groups in total. The Balaban J connectivity index is 1.92. The van der Waals surface area contributed by atoms with E-state index in [9.17, 15) is 9.90 Å². The van der Waals surface area contributed by atoms with Crippen LogP contribution in [0.1, 0.15) is 28.9 Å². The van der Waals surface area contributed by atoms with Gasteiger partial charge in [-0.25, -0.2) is 0 Å². The Kier molecular flexibility index (Phi) is 3.93. The minimum absolute atomic E-state index is 0.180. The number of amides is 1. The molecule has 0 radical (unpaired) electrons. The van der Waals surface area contributed by atoms with Gasteiger partial charge >= 0.3 is 0 Å². The predicted molar refractivity (Wildman–Crippen MR) is 66.3 cm³/mol. The molecule has 1 aliphatic rings. The molecule has 0 atom stereocenters. The van der Waals surface area contributed by atoms with Gasteiger partial charge in [-0.05, 0) is 19.1 Å². The van der Waals surface area contributed by atoms with Gasteiger partial charge in [-0.2, -0.15) is 0 Å². The van der Waals surface area contributed by atoms with E-state index in [1.165, 1.54) is 0 Å². The highest BCUT2D eigenvalue weighted by molar-refractivity contribution is 5.94. The maximum Gasteiger partial charge on any atom is 0.251 e. The summed E-state index contributed by atoms with van der Waals surface area (Å²) in [6, 6.07) is 3.39. The molecule has 1 aromatic heterocycles. The van der Waals surface area contributed by atoms with Crippen LogP contribution in [0.3, 0.4) is 0 Å². The van der Waals surface area contributed by atoms with E-state index >= 15 is 0 Å². The Labute approximate surface area is 106 Å². The quantitative estimate of drug-likeness (QED) is 0.826. The van der Waals surface area contributed by atoms with Gasteiger partial charge in [-0.15, -0.1) is 0 Å². The van der Waals surface area contributed by atoms with Crippen molar-refractivity contribution >= 4 is 5.91 Å². The fraction of sp³-hybridized carbons (Fsp3) is 0.538. The Bertz CT molecular complexity index is 428. The van der Waals surface area contributed by atoms with Crippen LogP contribution in [0.5, 0.6) is 0 Å². The summed E-state index contributed by atoms with van der Waals surface area (Å²) in [5.74, 6) is -0.180. The smallest absolute Gasteiger partial charge is 0.251 e. The first-order valence-corrected chi connectivity index (χ1v) is 6.10. The van der Waals surface area contributed by atoms with Crippen molar-refractivity contribution in [3.05, 3.63) is 29.6 Å². The third kappa shape index (κ3) is 3.27. The van der Waals surface area contributed by atoms with Gasteiger partial charge in [0.25, 0.3) is 5.91 Å². The normalized spacial score (nSPS) is 18.3. The van der Waals surface area contributed by atoms with Crippen LogP contribution >= 0.6 is 0 Å². The number of rotatable bonds is 3. The van der Waals surface area contributed by atoms with Crippen molar-refractivity contribution < 1.29 is 14.6 Å². The number of ether oxygens (including phenoxy) is 1. The summed E-state index contributed by atoms with van der Waals surface area (Å²) in [5.41, 5.74) is 0.529. The summed E-state index contributed by atoms with van der Waals surface area (Å²) in [5, 5.41) is 13.0. The van der Waals surface area contributed by atoms with E-state index in [1.807, 2.05) is 6.92 Å². The van der Waals surface area contributed by atoms with E-state index in [2.05, 4.69) is 10.3 Å². The van der Waals surface area contributed by atoms with Crippen LogP contribution in [0.2, 0.25) is 0 Å². The van der Waals surface area contributed by atoms with Crippen LogP contribution in [0, 0.1) is 6.92 Å². The van der Waals surface area contributed by atoms with E-state index in [4.69, 9.17) is 4.74 Å². The van der Waals surface area contributed by atoms with Crippen molar-refractivity contribution in [1.29, 1.82) is 0 Å². The zero-order chi connectivity index (χ0) is 13.0. The molecule has 0 aliphatic carbocycles. The van der Waals surface area contributed by atoms with E-state index in [-0.39, 0.29) is 12.5 Å². The molecule has 0 spiro atoms. The first kappa shape index (κ1) is 13.0. The van der Waals surface area contributed by atoms with Crippen LogP contribution in [-0.2, 0) is 4.74 Å². The Morgan fingerprint density at radius 1 is 1.56 bits per heavy atom. The molecule has 1 aromatic rings. The molecule has 0 bridgehead atoms. The highest BCUT2D eigenvalue weighted by Gasteiger charge is 2.30. The van der Waals surface area contributed by atoms with Crippen molar-refractivity contribution in [3.63, 3.8) is 0 Å². The van der Waals surface area contributed by atoms with Crippen molar-refractivity contribution in [1.82, 2.24) is 10.3 Å². The van der Waals surface area contributed by atoms with Crippen molar-refractivity contribution in [2.75, 3.05) is 19.8 Å². The molecule has 0 unspecified atom stereocenters. The monoisotopic (exact) mass is 250 g/mol. The number of carbonyl (C=O) groups is 1. The molecule has 0 aromatic carbocycles. The first-order valence-electron chi connectivity index (χ1n) is 6.10. The molecule has 1 fully saturated rings. The highest BCUT2D eigenvalue weighted by atomic mass is 16.5. The van der Waals surface area contributed by atoms with Crippen LogP contribution in [0.25, 0.3) is 0 Å². The Morgan fingerprint density at radius 3 is 2.94 bits per heavy atom. The van der Waals surface area contributed by atoms with E-state index in [0.29, 0.717) is 31.6 Å². The zero-order valence-corrected chi connectivity index (χ0v) is 10.5. The first-order chi connectivity index (χ1) is 8.59. The third-order valence-corrected chi connectivity index (χ3v) is 3.16. The topological polar surface area (TPSA) is 71.5 Å². The number of hydrogen-bond donors (Lipinski definition) is 2. The lowest BCUT2D eigenvalue weighted by molar-refractivity contribution is -0.0605. The van der Waals surface area contributed by atoms with Gasteiger partial charge in [0.1, 0.15) is 0 Å². The molecular weight excluding hydrogens is 232 g/mol. The minimum atomic E-state index is -0.837. The van der Waals surface area contributed by atoms with E-state index in [1.54, 1.807) is 18.3 Å². The average Bonchev–Trinajstić information content (AvgIpc) is 2.37. The van der Waals surface area contributed by atoms with Gasteiger partial charge in [0.2, 0.25) is 0 Å². The van der Waals surface area contributed by atoms with Gasteiger partial charge in [0.15, 0.2) is 0 Å². The number of aliphatic hydroxyl groups is 1. The van der Waals surface area contributed by atoms with Crippen molar-refractivity contribution in [2.24, 2.45) is 0 Å². The molecule has 18 heavy (non-hydrogen) atoms. The molecule has 98 valence electrons. The fourth-order valence-electron chi connectivity index (χ4n) is 1.96. The van der Waals surface area contributed by atoms with E-state index in [0.717, 1.165) is 5.69 Å². The molecule has 1 aliphatic heterocycles. The van der Waals surface area contributed by atoms with Crippen molar-refractivity contribution in [3.8, 4) is 0 Å². The molecular formula is C13H18N2O3. The molecule has 2 heterocycles. The van der Waals surface area contributed by atoms with Gasteiger partial charge in [0.05, 0.1) is 5.60 Å². The van der Waals surface area contributed by atoms with Crippen LogP contribution in [0.4, 0.5) is 0 Å². The number of aromatic nitrogens is 1. The second-order valence-corrected chi connectivity index (χ2v) is 4.71. The number of nitrogens with zero attached hydrogens (tertiary/aromatic N) is 1. The highest BCUT2D eigenvalue weighted by Crippen LogP contribution is 2.19. The second kappa shape index (κ2) is 5.46. The van der Waals surface area contributed by atoms with Crippen molar-refractivity contribution in [2.45, 2.75) is 25.4 Å². The second-order valence-electron chi connectivity index (χ2n) is 4.71. The predicted octanol–water partition coefficient (Wildman–Crippen LogP) is 0.661. The molecule has 2 rings (SSSR count). The lowest BCUT2D eigenvalue weighted by Gasteiger charge is -2.32. The summed E-state index contributed by atoms with van der Waals surface area (Å²) in [6.07, 6.45) is 2.72. The summed E-state index contributed by atoms with van der Waals surface area (Å²) >= 11 is 0. The summed E-state index contributed by atoms with van der Waals surface area (Å²) in [4.78, 5) is 15.9. The SMILES string of the molecule is Cc1cc(C(=O)NCC2(O)CCOCC2)ccn1. The maximum absolute atomic E-state index is 11.9. The number of pyridine rings is 1. The largest absolute Gasteiger partial charge is 0.388 e. The van der Waals surface area contributed by atoms with E-state index < -0.39 is 5.60 Å². The van der Waals surface area contributed by atoms with Gasteiger partial charge in [-0.3, -0.25) is 9.78 Å². The molecule has 1 saturated heterocycles. The number of nitrogens with one attached hydrogen (secondary N) is 1. The number of hydrogen-bond acceptors (Lipinski definition) is 4. The summed E-state index contributed by atoms with van der Waals surface area (Å²) in [6.45, 7) is 3.18. The van der Waals surface area contributed by atoms with Crippen LogP contribution in [0.15, 0.2) is 18.3 Å². The minimum Gasteiger partial charge on any atom is -0.388 e. The Hall–Kier alpha value is -1.46. The maximum atomic E-state index is 11.9. The average molecular weight is 250 g/mol. The number of carbonyl (C=O) groups excluding carboxylic acids is 1. The fourth-order valence-corrected chi connectivity index (χ4v) is 1.96. The summed E-state index contributed by atoms with van der Waals surface area (Å²) < 4.78 is 5.19.